The molecule has 0 aromatic heterocycles. The molecular formula is C15H22N2O4. The van der Waals surface area contributed by atoms with Crippen LogP contribution in [-0.4, -0.2) is 45.4 Å². The highest BCUT2D eigenvalue weighted by molar-refractivity contribution is 5.97. The fourth-order valence-electron chi connectivity index (χ4n) is 2.34. The van der Waals surface area contributed by atoms with E-state index >= 15 is 0 Å². The average Bonchev–Trinajstić information content (AvgIpc) is 2.49. The van der Waals surface area contributed by atoms with Crippen LogP contribution >= 0.6 is 0 Å². The highest BCUT2D eigenvalue weighted by Gasteiger charge is 2.21. The van der Waals surface area contributed by atoms with Gasteiger partial charge in [0.1, 0.15) is 11.5 Å². The number of carbonyl (C=O) groups excluding carboxylic acids is 1. The second kappa shape index (κ2) is 7.17. The quantitative estimate of drug-likeness (QED) is 0.859. The van der Waals surface area contributed by atoms with Crippen molar-refractivity contribution in [3.05, 3.63) is 17.7 Å². The van der Waals surface area contributed by atoms with Crippen molar-refractivity contribution in [1.82, 2.24) is 0 Å². The fraction of sp³-hybridized carbons (Fsp3) is 0.533. The molecule has 1 aromatic carbocycles. The fourth-order valence-corrected chi connectivity index (χ4v) is 2.34. The molecule has 1 heterocycles. The second-order valence-corrected chi connectivity index (χ2v) is 4.65. The van der Waals surface area contributed by atoms with Crippen LogP contribution in [-0.2, 0) is 4.74 Å². The van der Waals surface area contributed by atoms with Crippen molar-refractivity contribution in [2.24, 2.45) is 5.73 Å². The Kier molecular flexibility index (Phi) is 5.27. The number of morpholine rings is 1. The summed E-state index contributed by atoms with van der Waals surface area (Å²) in [7, 11) is 0. The Morgan fingerprint density at radius 2 is 1.81 bits per heavy atom. The SMILES string of the molecule is CCOc1cc(N2CCOCC2)c(OCC)cc1C(N)=O. The molecule has 0 radical (unpaired) electrons. The topological polar surface area (TPSA) is 74.0 Å². The van der Waals surface area contributed by atoms with E-state index in [2.05, 4.69) is 4.90 Å². The van der Waals surface area contributed by atoms with Crippen LogP contribution in [0.2, 0.25) is 0 Å². The minimum Gasteiger partial charge on any atom is -0.493 e. The van der Waals surface area contributed by atoms with Gasteiger partial charge in [-0.2, -0.15) is 0 Å². The number of nitrogens with zero attached hydrogens (tertiary/aromatic N) is 1. The third-order valence-corrected chi connectivity index (χ3v) is 3.28. The van der Waals surface area contributed by atoms with Gasteiger partial charge < -0.3 is 24.8 Å². The van der Waals surface area contributed by atoms with Crippen molar-refractivity contribution in [1.29, 1.82) is 0 Å². The van der Waals surface area contributed by atoms with E-state index in [0.29, 0.717) is 43.5 Å². The third kappa shape index (κ3) is 3.58. The van der Waals surface area contributed by atoms with Crippen LogP contribution < -0.4 is 20.1 Å². The van der Waals surface area contributed by atoms with Gasteiger partial charge in [0.2, 0.25) is 0 Å². The Bertz CT molecular complexity index is 499. The molecule has 1 fully saturated rings. The van der Waals surface area contributed by atoms with Gasteiger partial charge in [0.15, 0.2) is 0 Å². The Morgan fingerprint density at radius 3 is 2.38 bits per heavy atom. The molecule has 1 amide bonds. The lowest BCUT2D eigenvalue weighted by Crippen LogP contribution is -2.36. The number of ether oxygens (including phenoxy) is 3. The summed E-state index contributed by atoms with van der Waals surface area (Å²) in [6.45, 7) is 7.67. The molecule has 0 bridgehead atoms. The predicted octanol–water partition coefficient (Wildman–Crippen LogP) is 1.42. The highest BCUT2D eigenvalue weighted by atomic mass is 16.5. The molecule has 1 aromatic rings. The summed E-state index contributed by atoms with van der Waals surface area (Å²) in [5.74, 6) is 0.625. The van der Waals surface area contributed by atoms with Crippen molar-refractivity contribution in [3.63, 3.8) is 0 Å². The van der Waals surface area contributed by atoms with Crippen LogP contribution in [0.25, 0.3) is 0 Å². The van der Waals surface area contributed by atoms with Gasteiger partial charge in [0.25, 0.3) is 5.91 Å². The Labute approximate surface area is 124 Å². The molecular weight excluding hydrogens is 272 g/mol. The van der Waals surface area contributed by atoms with Crippen LogP contribution in [0.15, 0.2) is 12.1 Å². The van der Waals surface area contributed by atoms with Gasteiger partial charge in [0, 0.05) is 19.2 Å². The number of amides is 1. The van der Waals surface area contributed by atoms with E-state index in [1.807, 2.05) is 19.9 Å². The van der Waals surface area contributed by atoms with E-state index in [1.165, 1.54) is 0 Å². The largest absolute Gasteiger partial charge is 0.493 e. The van der Waals surface area contributed by atoms with Gasteiger partial charge in [-0.15, -0.1) is 0 Å². The minimum absolute atomic E-state index is 0.345. The molecule has 2 N–H and O–H groups in total. The molecule has 0 unspecified atom stereocenters. The first-order valence-electron chi connectivity index (χ1n) is 7.23. The summed E-state index contributed by atoms with van der Waals surface area (Å²) in [4.78, 5) is 13.8. The minimum atomic E-state index is -0.520. The first kappa shape index (κ1) is 15.4. The summed E-state index contributed by atoms with van der Waals surface area (Å²) < 4.78 is 16.6. The molecule has 2 rings (SSSR count). The second-order valence-electron chi connectivity index (χ2n) is 4.65. The smallest absolute Gasteiger partial charge is 0.252 e. The van der Waals surface area contributed by atoms with Gasteiger partial charge in [-0.05, 0) is 19.9 Å². The molecule has 1 saturated heterocycles. The molecule has 6 nitrogen and oxygen atoms in total. The summed E-state index contributed by atoms with van der Waals surface area (Å²) in [5, 5.41) is 0. The average molecular weight is 294 g/mol. The summed E-state index contributed by atoms with van der Waals surface area (Å²) >= 11 is 0. The number of hydrogen-bond acceptors (Lipinski definition) is 5. The van der Waals surface area contributed by atoms with Crippen molar-refractivity contribution in [3.8, 4) is 11.5 Å². The van der Waals surface area contributed by atoms with Crippen LogP contribution in [0.4, 0.5) is 5.69 Å². The van der Waals surface area contributed by atoms with Gasteiger partial charge in [-0.3, -0.25) is 4.79 Å². The molecule has 116 valence electrons. The van der Waals surface area contributed by atoms with Crippen molar-refractivity contribution >= 4 is 11.6 Å². The first-order valence-corrected chi connectivity index (χ1v) is 7.23. The molecule has 0 saturated carbocycles. The number of hydrogen-bond donors (Lipinski definition) is 1. The summed E-state index contributed by atoms with van der Waals surface area (Å²) in [6.07, 6.45) is 0. The zero-order valence-electron chi connectivity index (χ0n) is 12.6. The predicted molar refractivity (Wildman–Crippen MR) is 80.3 cm³/mol. The Balaban J connectivity index is 2.44. The van der Waals surface area contributed by atoms with Crippen molar-refractivity contribution in [2.45, 2.75) is 13.8 Å². The van der Waals surface area contributed by atoms with E-state index in [-0.39, 0.29) is 0 Å². The first-order chi connectivity index (χ1) is 10.2. The van der Waals surface area contributed by atoms with Gasteiger partial charge >= 0.3 is 0 Å². The molecule has 1 aliphatic heterocycles. The number of rotatable bonds is 6. The van der Waals surface area contributed by atoms with Crippen molar-refractivity contribution < 1.29 is 19.0 Å². The maximum Gasteiger partial charge on any atom is 0.252 e. The van der Waals surface area contributed by atoms with Crippen LogP contribution in [0.1, 0.15) is 24.2 Å². The Hall–Kier alpha value is -1.95. The molecule has 21 heavy (non-hydrogen) atoms. The summed E-state index contributed by atoms with van der Waals surface area (Å²) in [6, 6.07) is 3.50. The van der Waals surface area contributed by atoms with E-state index in [9.17, 15) is 4.79 Å². The van der Waals surface area contributed by atoms with Crippen LogP contribution in [0, 0.1) is 0 Å². The van der Waals surface area contributed by atoms with E-state index in [1.54, 1.807) is 6.07 Å². The van der Waals surface area contributed by atoms with Gasteiger partial charge in [0.05, 0.1) is 37.7 Å². The lowest BCUT2D eigenvalue weighted by atomic mass is 10.1. The van der Waals surface area contributed by atoms with E-state index in [4.69, 9.17) is 19.9 Å². The standard InChI is InChI=1S/C15H22N2O4/c1-3-20-13-10-12(17-5-7-19-8-6-17)14(21-4-2)9-11(13)15(16)18/h9-10H,3-8H2,1-2H3,(H2,16,18). The number of primary amides is 1. The van der Waals surface area contributed by atoms with Crippen LogP contribution in [0.3, 0.4) is 0 Å². The molecule has 0 spiro atoms. The lowest BCUT2D eigenvalue weighted by molar-refractivity contribution is 0.0996. The maximum absolute atomic E-state index is 11.6. The Morgan fingerprint density at radius 1 is 1.19 bits per heavy atom. The monoisotopic (exact) mass is 294 g/mol. The highest BCUT2D eigenvalue weighted by Crippen LogP contribution is 2.36. The number of nitrogens with two attached hydrogens (primary N) is 1. The van der Waals surface area contributed by atoms with E-state index < -0.39 is 5.91 Å². The zero-order chi connectivity index (χ0) is 15.2. The molecule has 6 heteroatoms. The van der Waals surface area contributed by atoms with E-state index in [0.717, 1.165) is 18.8 Å². The normalized spacial score (nSPS) is 14.9. The lowest BCUT2D eigenvalue weighted by Gasteiger charge is -2.30. The number of benzene rings is 1. The molecule has 0 aliphatic carbocycles. The van der Waals surface area contributed by atoms with Crippen LogP contribution in [0.5, 0.6) is 11.5 Å². The summed E-state index contributed by atoms with van der Waals surface area (Å²) in [5.41, 5.74) is 6.69. The molecule has 0 atom stereocenters. The third-order valence-electron chi connectivity index (χ3n) is 3.28. The van der Waals surface area contributed by atoms with Gasteiger partial charge in [-0.1, -0.05) is 0 Å². The van der Waals surface area contributed by atoms with Crippen molar-refractivity contribution in [2.75, 3.05) is 44.4 Å². The van der Waals surface area contributed by atoms with Gasteiger partial charge in [-0.25, -0.2) is 0 Å². The molecule has 1 aliphatic rings. The maximum atomic E-state index is 11.6. The zero-order valence-corrected chi connectivity index (χ0v) is 12.6. The number of anilines is 1. The number of carbonyl (C=O) groups is 1.